The normalized spacial score (nSPS) is 17.1. The van der Waals surface area contributed by atoms with E-state index in [1.165, 1.54) is 6.42 Å². The Morgan fingerprint density at radius 1 is 1.44 bits per heavy atom. The van der Waals surface area contributed by atoms with Gasteiger partial charge in [-0.15, -0.1) is 0 Å². The monoisotopic (exact) mass is 344 g/mol. The average Bonchev–Trinajstić information content (AvgIpc) is 3.24. The highest BCUT2D eigenvalue weighted by atomic mass is 16.5. The molecule has 1 aliphatic heterocycles. The number of hydrogen-bond acceptors (Lipinski definition) is 3. The number of urea groups is 1. The number of para-hydroxylation sites is 2. The van der Waals surface area contributed by atoms with Crippen molar-refractivity contribution in [2.24, 2.45) is 7.05 Å². The Morgan fingerprint density at radius 3 is 3.04 bits per heavy atom. The molecule has 2 aromatic rings. The Kier molecular flexibility index (Phi) is 5.91. The van der Waals surface area contributed by atoms with Crippen molar-refractivity contribution in [3.8, 4) is 0 Å². The molecule has 1 N–H and O–H groups in total. The number of benzene rings is 1. The second kappa shape index (κ2) is 8.34. The molecule has 1 unspecified atom stereocenters. The first kappa shape index (κ1) is 17.7. The van der Waals surface area contributed by atoms with E-state index in [1.54, 1.807) is 4.90 Å². The Bertz CT molecular complexity index is 707. The lowest BCUT2D eigenvalue weighted by Gasteiger charge is -2.18. The van der Waals surface area contributed by atoms with Gasteiger partial charge in [-0.3, -0.25) is 0 Å². The van der Waals surface area contributed by atoms with Gasteiger partial charge in [0.15, 0.2) is 0 Å². The van der Waals surface area contributed by atoms with Gasteiger partial charge in [0.25, 0.3) is 0 Å². The van der Waals surface area contributed by atoms with Crippen LogP contribution in [0.1, 0.15) is 31.5 Å². The van der Waals surface area contributed by atoms with Crippen molar-refractivity contribution >= 4 is 17.1 Å². The molecule has 25 heavy (non-hydrogen) atoms. The Balaban J connectivity index is 1.39. The number of carbonyl (C=O) groups is 1. The standard InChI is InChI=1S/C19H28N4O2/c1-22(13-5-7-15-8-6-14-25-15)19(24)20-12-11-18-21-16-9-3-4-10-17(16)23(18)2/h3-4,9-10,15H,5-8,11-14H2,1-2H3,(H,20,24). The lowest BCUT2D eigenvalue weighted by Crippen LogP contribution is -2.39. The van der Waals surface area contributed by atoms with Crippen LogP contribution in [0.5, 0.6) is 0 Å². The summed E-state index contributed by atoms with van der Waals surface area (Å²) < 4.78 is 7.71. The highest BCUT2D eigenvalue weighted by Gasteiger charge is 2.16. The average molecular weight is 344 g/mol. The second-order valence-corrected chi connectivity index (χ2v) is 6.76. The van der Waals surface area contributed by atoms with Crippen LogP contribution in [0.2, 0.25) is 0 Å². The number of aryl methyl sites for hydroxylation is 1. The zero-order valence-electron chi connectivity index (χ0n) is 15.2. The number of nitrogens with one attached hydrogen (secondary N) is 1. The largest absolute Gasteiger partial charge is 0.378 e. The van der Waals surface area contributed by atoms with Crippen LogP contribution in [-0.2, 0) is 18.2 Å². The van der Waals surface area contributed by atoms with Gasteiger partial charge in [0.2, 0.25) is 0 Å². The predicted octanol–water partition coefficient (Wildman–Crippen LogP) is 2.72. The molecule has 1 aliphatic rings. The van der Waals surface area contributed by atoms with Gasteiger partial charge in [-0.1, -0.05) is 12.1 Å². The SMILES string of the molecule is CN(CCCC1CCCO1)C(=O)NCCc1nc2ccccc2n1C. The van der Waals surface area contributed by atoms with Crippen molar-refractivity contribution in [3.05, 3.63) is 30.1 Å². The van der Waals surface area contributed by atoms with Gasteiger partial charge in [0, 0.05) is 40.2 Å². The smallest absolute Gasteiger partial charge is 0.317 e. The fourth-order valence-corrected chi connectivity index (χ4v) is 3.36. The summed E-state index contributed by atoms with van der Waals surface area (Å²) in [6.45, 7) is 2.24. The summed E-state index contributed by atoms with van der Waals surface area (Å²) >= 11 is 0. The van der Waals surface area contributed by atoms with E-state index in [-0.39, 0.29) is 6.03 Å². The van der Waals surface area contributed by atoms with E-state index in [2.05, 4.69) is 20.9 Å². The maximum atomic E-state index is 12.2. The van der Waals surface area contributed by atoms with Gasteiger partial charge in [-0.05, 0) is 37.8 Å². The lowest BCUT2D eigenvalue weighted by atomic mass is 10.1. The molecule has 1 saturated heterocycles. The molecule has 0 saturated carbocycles. The van der Waals surface area contributed by atoms with Crippen LogP contribution in [0.15, 0.2) is 24.3 Å². The predicted molar refractivity (Wildman–Crippen MR) is 98.7 cm³/mol. The van der Waals surface area contributed by atoms with Crippen molar-refractivity contribution < 1.29 is 9.53 Å². The molecule has 136 valence electrons. The number of amides is 2. The third kappa shape index (κ3) is 4.51. The van der Waals surface area contributed by atoms with Crippen LogP contribution in [0.3, 0.4) is 0 Å². The second-order valence-electron chi connectivity index (χ2n) is 6.76. The van der Waals surface area contributed by atoms with E-state index < -0.39 is 0 Å². The molecule has 6 heteroatoms. The molecule has 3 rings (SSSR count). The van der Waals surface area contributed by atoms with E-state index in [1.807, 2.05) is 32.3 Å². The summed E-state index contributed by atoms with van der Waals surface area (Å²) in [5.74, 6) is 0.988. The molecule has 0 radical (unpaired) electrons. The van der Waals surface area contributed by atoms with Crippen LogP contribution in [-0.4, -0.2) is 53.3 Å². The number of hydrogen-bond donors (Lipinski definition) is 1. The van der Waals surface area contributed by atoms with E-state index in [4.69, 9.17) is 4.74 Å². The third-order valence-electron chi connectivity index (χ3n) is 4.89. The number of nitrogens with zero attached hydrogens (tertiary/aromatic N) is 3. The minimum absolute atomic E-state index is 0.0221. The van der Waals surface area contributed by atoms with E-state index >= 15 is 0 Å². The number of imidazole rings is 1. The van der Waals surface area contributed by atoms with Crippen molar-refractivity contribution in [2.75, 3.05) is 26.7 Å². The Hall–Kier alpha value is -2.08. The maximum absolute atomic E-state index is 12.2. The summed E-state index contributed by atoms with van der Waals surface area (Å²) in [6.07, 6.45) is 5.48. The van der Waals surface area contributed by atoms with Crippen molar-refractivity contribution in [2.45, 2.75) is 38.2 Å². The van der Waals surface area contributed by atoms with Crippen molar-refractivity contribution in [3.63, 3.8) is 0 Å². The number of carbonyl (C=O) groups excluding carboxylic acids is 1. The van der Waals surface area contributed by atoms with Gasteiger partial charge in [-0.2, -0.15) is 0 Å². The number of aromatic nitrogens is 2. The number of ether oxygens (including phenoxy) is 1. The fraction of sp³-hybridized carbons (Fsp3) is 0.579. The van der Waals surface area contributed by atoms with E-state index in [9.17, 15) is 4.79 Å². The van der Waals surface area contributed by atoms with Crippen LogP contribution in [0, 0.1) is 0 Å². The molecule has 1 aromatic carbocycles. The molecule has 2 amide bonds. The zero-order chi connectivity index (χ0) is 17.6. The molecular formula is C19H28N4O2. The van der Waals surface area contributed by atoms with Crippen LogP contribution >= 0.6 is 0 Å². The van der Waals surface area contributed by atoms with Crippen LogP contribution < -0.4 is 5.32 Å². The fourth-order valence-electron chi connectivity index (χ4n) is 3.36. The summed E-state index contributed by atoms with van der Waals surface area (Å²) in [5.41, 5.74) is 2.12. The summed E-state index contributed by atoms with van der Waals surface area (Å²) in [5, 5.41) is 2.98. The van der Waals surface area contributed by atoms with Gasteiger partial charge in [0.1, 0.15) is 5.82 Å². The zero-order valence-corrected chi connectivity index (χ0v) is 15.2. The first-order chi connectivity index (χ1) is 12.1. The van der Waals surface area contributed by atoms with Crippen molar-refractivity contribution in [1.82, 2.24) is 19.8 Å². The molecule has 2 heterocycles. The minimum atomic E-state index is -0.0221. The maximum Gasteiger partial charge on any atom is 0.317 e. The number of rotatable bonds is 7. The van der Waals surface area contributed by atoms with Crippen molar-refractivity contribution in [1.29, 1.82) is 0 Å². The molecule has 1 aromatic heterocycles. The van der Waals surface area contributed by atoms with Gasteiger partial charge in [-0.25, -0.2) is 9.78 Å². The topological polar surface area (TPSA) is 59.4 Å². The highest BCUT2D eigenvalue weighted by Crippen LogP contribution is 2.17. The Morgan fingerprint density at radius 2 is 2.28 bits per heavy atom. The van der Waals surface area contributed by atoms with E-state index in [0.717, 1.165) is 55.7 Å². The van der Waals surface area contributed by atoms with Crippen LogP contribution in [0.25, 0.3) is 11.0 Å². The Labute approximate surface area is 149 Å². The van der Waals surface area contributed by atoms with Crippen LogP contribution in [0.4, 0.5) is 4.79 Å². The summed E-state index contributed by atoms with van der Waals surface area (Å²) in [4.78, 5) is 18.6. The molecule has 0 bridgehead atoms. The van der Waals surface area contributed by atoms with E-state index in [0.29, 0.717) is 12.6 Å². The first-order valence-electron chi connectivity index (χ1n) is 9.16. The number of fused-ring (bicyclic) bond motifs is 1. The quantitative estimate of drug-likeness (QED) is 0.840. The summed E-state index contributed by atoms with van der Waals surface area (Å²) in [7, 11) is 3.86. The van der Waals surface area contributed by atoms with Gasteiger partial charge < -0.3 is 19.5 Å². The molecule has 1 atom stereocenters. The molecule has 0 aliphatic carbocycles. The third-order valence-corrected chi connectivity index (χ3v) is 4.89. The summed E-state index contributed by atoms with van der Waals surface area (Å²) in [6, 6.07) is 8.06. The molecular weight excluding hydrogens is 316 g/mol. The highest BCUT2D eigenvalue weighted by molar-refractivity contribution is 5.76. The molecule has 0 spiro atoms. The first-order valence-corrected chi connectivity index (χ1v) is 9.16. The lowest BCUT2D eigenvalue weighted by molar-refractivity contribution is 0.100. The minimum Gasteiger partial charge on any atom is -0.378 e. The van der Waals surface area contributed by atoms with Gasteiger partial charge in [0.05, 0.1) is 17.1 Å². The molecule has 1 fully saturated rings. The molecule has 6 nitrogen and oxygen atoms in total. The van der Waals surface area contributed by atoms with Gasteiger partial charge >= 0.3 is 6.03 Å².